The molecule has 0 saturated carbocycles. The third kappa shape index (κ3) is 7.68. The third-order valence-corrected chi connectivity index (χ3v) is 6.85. The summed E-state index contributed by atoms with van der Waals surface area (Å²) in [4.78, 5) is 45.1. The number of anilines is 1. The molecule has 3 aromatic carbocycles. The van der Waals surface area contributed by atoms with Crippen LogP contribution in [0.1, 0.15) is 37.7 Å². The highest BCUT2D eigenvalue weighted by Crippen LogP contribution is 2.20. The van der Waals surface area contributed by atoms with E-state index in [4.69, 9.17) is 14.6 Å². The number of Topliss-reactive ketones (excluding diaryl/α,β-unsaturated/α-hetero) is 1. The van der Waals surface area contributed by atoms with E-state index in [2.05, 4.69) is 15.5 Å². The number of carbonyl (C=O) groups is 4. The first-order valence-electron chi connectivity index (χ1n) is 13.6. The third-order valence-electron chi connectivity index (χ3n) is 6.85. The van der Waals surface area contributed by atoms with Gasteiger partial charge in [-0.1, -0.05) is 12.1 Å². The van der Waals surface area contributed by atoms with Crippen molar-refractivity contribution in [3.8, 4) is 22.9 Å². The Morgan fingerprint density at radius 1 is 0.756 bits per heavy atom. The summed E-state index contributed by atoms with van der Waals surface area (Å²) in [5.74, 6) is -0.253. The molecule has 12 heteroatoms. The van der Waals surface area contributed by atoms with Gasteiger partial charge in [-0.15, -0.1) is 0 Å². The number of aromatic carboxylic acids is 1. The lowest BCUT2D eigenvalue weighted by molar-refractivity contribution is -0.129. The number of aromatic nitrogens is 4. The highest BCUT2D eigenvalue weighted by Gasteiger charge is 2.16. The monoisotopic (exact) mass is 609 g/mol. The van der Waals surface area contributed by atoms with E-state index in [0.717, 1.165) is 22.9 Å². The summed E-state index contributed by atoms with van der Waals surface area (Å²) in [5.41, 5.74) is 4.88. The lowest BCUT2D eigenvalue weighted by atomic mass is 10.1. The molecule has 0 atom stereocenters. The summed E-state index contributed by atoms with van der Waals surface area (Å²) >= 11 is 0. The summed E-state index contributed by atoms with van der Waals surface area (Å²) < 4.78 is 13.5. The quantitative estimate of drug-likeness (QED) is 0.170. The maximum Gasteiger partial charge on any atom is 0.339 e. The normalized spacial score (nSPS) is 10.3. The Morgan fingerprint density at radius 3 is 1.64 bits per heavy atom. The molecule has 0 aliphatic heterocycles. The fourth-order valence-corrected chi connectivity index (χ4v) is 4.37. The Labute approximate surface area is 258 Å². The maximum atomic E-state index is 12.6. The second kappa shape index (κ2) is 14.4. The number of methoxy groups -OCH3 is 2. The van der Waals surface area contributed by atoms with E-state index in [1.807, 2.05) is 43.3 Å². The van der Waals surface area contributed by atoms with Gasteiger partial charge in [-0.05, 0) is 80.1 Å². The Morgan fingerprint density at radius 2 is 1.22 bits per heavy atom. The van der Waals surface area contributed by atoms with E-state index in [9.17, 15) is 19.2 Å². The molecule has 230 valence electrons. The summed E-state index contributed by atoms with van der Waals surface area (Å²) in [6.45, 7) is 3.54. The SMILES string of the molecule is COc1ccc(-n2ncc(C(=O)Nc3ccc(CC(=O)C=O)cc3)c2C)cc1.COc1ccc(-n2ncc(C(=O)O)c2C)cc1. The van der Waals surface area contributed by atoms with E-state index < -0.39 is 11.8 Å². The highest BCUT2D eigenvalue weighted by molar-refractivity contribution is 6.25. The zero-order valence-electron chi connectivity index (χ0n) is 25.1. The second-order valence-corrected chi connectivity index (χ2v) is 9.72. The van der Waals surface area contributed by atoms with Crippen LogP contribution in [0, 0.1) is 13.8 Å². The van der Waals surface area contributed by atoms with Crippen LogP contribution in [0.4, 0.5) is 5.69 Å². The maximum absolute atomic E-state index is 12.6. The van der Waals surface area contributed by atoms with Crippen LogP contribution in [0.15, 0.2) is 85.2 Å². The number of rotatable bonds is 10. The number of carboxylic acid groups (broad SMARTS) is 1. The van der Waals surface area contributed by atoms with Gasteiger partial charge in [-0.25, -0.2) is 14.2 Å². The van der Waals surface area contributed by atoms with E-state index in [1.165, 1.54) is 12.4 Å². The summed E-state index contributed by atoms with van der Waals surface area (Å²) in [7, 11) is 3.19. The highest BCUT2D eigenvalue weighted by atomic mass is 16.5. The largest absolute Gasteiger partial charge is 0.497 e. The lowest BCUT2D eigenvalue weighted by Crippen LogP contribution is -2.13. The van der Waals surface area contributed by atoms with E-state index in [0.29, 0.717) is 34.5 Å². The molecule has 0 unspecified atom stereocenters. The van der Waals surface area contributed by atoms with Gasteiger partial charge in [0.25, 0.3) is 5.91 Å². The molecule has 2 heterocycles. The molecule has 45 heavy (non-hydrogen) atoms. The van der Waals surface area contributed by atoms with E-state index >= 15 is 0 Å². The Bertz CT molecular complexity index is 1810. The van der Waals surface area contributed by atoms with Gasteiger partial charge < -0.3 is 19.9 Å². The van der Waals surface area contributed by atoms with Crippen LogP contribution in [-0.2, 0) is 16.0 Å². The molecule has 0 saturated heterocycles. The minimum absolute atomic E-state index is 0.0471. The fourth-order valence-electron chi connectivity index (χ4n) is 4.37. The van der Waals surface area contributed by atoms with Crippen LogP contribution in [0.25, 0.3) is 11.4 Å². The zero-order chi connectivity index (χ0) is 32.5. The molecular weight excluding hydrogens is 578 g/mol. The van der Waals surface area contributed by atoms with Crippen molar-refractivity contribution in [2.75, 3.05) is 19.5 Å². The van der Waals surface area contributed by atoms with Crippen molar-refractivity contribution in [3.05, 3.63) is 113 Å². The molecular formula is C33H31N5O7. The lowest BCUT2D eigenvalue weighted by Gasteiger charge is -2.08. The van der Waals surface area contributed by atoms with Gasteiger partial charge >= 0.3 is 5.97 Å². The predicted octanol–water partition coefficient (Wildman–Crippen LogP) is 4.64. The number of carboxylic acids is 1. The molecule has 0 radical (unpaired) electrons. The Balaban J connectivity index is 0.000000231. The molecule has 0 spiro atoms. The Kier molecular flexibility index (Phi) is 10.2. The van der Waals surface area contributed by atoms with Crippen molar-refractivity contribution >= 4 is 29.6 Å². The minimum atomic E-state index is -0.970. The number of hydrogen-bond acceptors (Lipinski definition) is 8. The van der Waals surface area contributed by atoms with Crippen LogP contribution in [0.5, 0.6) is 11.5 Å². The number of hydrogen-bond donors (Lipinski definition) is 2. The number of carbonyl (C=O) groups excluding carboxylic acids is 3. The van der Waals surface area contributed by atoms with Gasteiger partial charge in [-0.3, -0.25) is 14.4 Å². The van der Waals surface area contributed by atoms with Crippen LogP contribution >= 0.6 is 0 Å². The van der Waals surface area contributed by atoms with Gasteiger partial charge in [-0.2, -0.15) is 10.2 Å². The second-order valence-electron chi connectivity index (χ2n) is 9.72. The standard InChI is InChI=1S/C21H19N3O4.C12H12N2O3/c1-14-20(12-22-24(14)17-7-9-19(28-2)10-8-17)21(27)23-16-5-3-15(4-6-16)11-18(26)13-25;1-8-11(12(15)16)7-13-14(8)9-3-5-10(17-2)6-4-9/h3-10,12-13H,11H2,1-2H3,(H,23,27);3-7H,1-2H3,(H,15,16). The molecule has 5 rings (SSSR count). The van der Waals surface area contributed by atoms with Gasteiger partial charge in [0.1, 0.15) is 17.1 Å². The van der Waals surface area contributed by atoms with Gasteiger partial charge in [0, 0.05) is 12.1 Å². The average molecular weight is 610 g/mol. The van der Waals surface area contributed by atoms with Gasteiger partial charge in [0.05, 0.1) is 54.9 Å². The smallest absolute Gasteiger partial charge is 0.339 e. The summed E-state index contributed by atoms with van der Waals surface area (Å²) in [6.07, 6.45) is 3.22. The number of nitrogens with one attached hydrogen (secondary N) is 1. The number of benzene rings is 3. The first-order chi connectivity index (χ1) is 21.6. The average Bonchev–Trinajstić information content (AvgIpc) is 3.64. The van der Waals surface area contributed by atoms with Gasteiger partial charge in [0.2, 0.25) is 0 Å². The van der Waals surface area contributed by atoms with Crippen molar-refractivity contribution in [3.63, 3.8) is 0 Å². The summed E-state index contributed by atoms with van der Waals surface area (Å²) in [6, 6.07) is 21.4. The first-order valence-corrected chi connectivity index (χ1v) is 13.6. The number of ether oxygens (including phenoxy) is 2. The number of aldehydes is 1. The molecule has 0 aliphatic carbocycles. The van der Waals surface area contributed by atoms with Gasteiger partial charge in [0.15, 0.2) is 12.1 Å². The van der Waals surface area contributed by atoms with Crippen molar-refractivity contribution in [1.82, 2.24) is 19.6 Å². The van der Waals surface area contributed by atoms with E-state index in [-0.39, 0.29) is 17.9 Å². The van der Waals surface area contributed by atoms with E-state index in [1.54, 1.807) is 66.9 Å². The number of amides is 1. The van der Waals surface area contributed by atoms with Crippen molar-refractivity contribution < 1.29 is 33.8 Å². The van der Waals surface area contributed by atoms with Crippen molar-refractivity contribution in [2.24, 2.45) is 0 Å². The number of ketones is 1. The van der Waals surface area contributed by atoms with Crippen molar-refractivity contribution in [2.45, 2.75) is 20.3 Å². The van der Waals surface area contributed by atoms with Crippen molar-refractivity contribution in [1.29, 1.82) is 0 Å². The molecule has 0 bridgehead atoms. The molecule has 1 amide bonds. The molecule has 2 aromatic heterocycles. The Hall–Kier alpha value is -6.04. The fraction of sp³-hybridized carbons (Fsp3) is 0.152. The topological polar surface area (TPSA) is 155 Å². The molecule has 0 fully saturated rings. The molecule has 12 nitrogen and oxygen atoms in total. The molecule has 0 aliphatic rings. The van der Waals surface area contributed by atoms with Crippen LogP contribution < -0.4 is 14.8 Å². The molecule has 5 aromatic rings. The number of nitrogens with zero attached hydrogens (tertiary/aromatic N) is 4. The predicted molar refractivity (Wildman–Crippen MR) is 166 cm³/mol. The first kappa shape index (κ1) is 31.9. The van der Waals surface area contributed by atoms with Crippen LogP contribution in [0.3, 0.4) is 0 Å². The van der Waals surface area contributed by atoms with Crippen LogP contribution in [0.2, 0.25) is 0 Å². The minimum Gasteiger partial charge on any atom is -0.497 e. The van der Waals surface area contributed by atoms with Crippen LogP contribution in [-0.4, -0.2) is 62.8 Å². The molecule has 2 N–H and O–H groups in total. The zero-order valence-corrected chi connectivity index (χ0v) is 25.1. The summed E-state index contributed by atoms with van der Waals surface area (Å²) in [5, 5.41) is 20.1.